The summed E-state index contributed by atoms with van der Waals surface area (Å²) in [5.74, 6) is 0.822. The van der Waals surface area contributed by atoms with Crippen LogP contribution in [0.3, 0.4) is 0 Å². The molecule has 0 aliphatic heterocycles. The molecule has 0 spiro atoms. The molecule has 1 aliphatic rings. The van der Waals surface area contributed by atoms with Crippen LogP contribution < -0.4 is 5.32 Å². The molecule has 1 fully saturated rings. The largest absolute Gasteiger partial charge is 0.387 e. The van der Waals surface area contributed by atoms with Crippen molar-refractivity contribution < 1.29 is 5.11 Å². The molecule has 1 aromatic carbocycles. The van der Waals surface area contributed by atoms with Gasteiger partial charge in [-0.3, -0.25) is 0 Å². The number of hydrogen-bond acceptors (Lipinski definition) is 2. The summed E-state index contributed by atoms with van der Waals surface area (Å²) < 4.78 is 0. The van der Waals surface area contributed by atoms with Crippen molar-refractivity contribution >= 4 is 0 Å². The Morgan fingerprint density at radius 2 is 2.00 bits per heavy atom. The van der Waals surface area contributed by atoms with Crippen LogP contribution in [0.2, 0.25) is 0 Å². The highest BCUT2D eigenvalue weighted by atomic mass is 16.3. The second-order valence-corrected chi connectivity index (χ2v) is 4.81. The smallest absolute Gasteiger partial charge is 0.0914 e. The zero-order chi connectivity index (χ0) is 11.4. The molecule has 88 valence electrons. The SMILES string of the molecule is CC(NCC(O)c1ccccc1)C1CCC1. The maximum absolute atomic E-state index is 9.98. The molecule has 0 bridgehead atoms. The summed E-state index contributed by atoms with van der Waals surface area (Å²) in [6.07, 6.45) is 3.67. The summed E-state index contributed by atoms with van der Waals surface area (Å²) in [6, 6.07) is 10.4. The average Bonchev–Trinajstić information content (AvgIpc) is 2.25. The fourth-order valence-corrected chi connectivity index (χ4v) is 2.20. The number of hydrogen-bond donors (Lipinski definition) is 2. The van der Waals surface area contributed by atoms with Gasteiger partial charge in [0.2, 0.25) is 0 Å². The highest BCUT2D eigenvalue weighted by molar-refractivity contribution is 5.17. The van der Waals surface area contributed by atoms with Gasteiger partial charge in [0.15, 0.2) is 0 Å². The van der Waals surface area contributed by atoms with Crippen LogP contribution >= 0.6 is 0 Å². The lowest BCUT2D eigenvalue weighted by atomic mass is 9.80. The van der Waals surface area contributed by atoms with Gasteiger partial charge in [0, 0.05) is 12.6 Å². The zero-order valence-electron chi connectivity index (χ0n) is 9.89. The molecule has 2 N–H and O–H groups in total. The van der Waals surface area contributed by atoms with Gasteiger partial charge in [0.1, 0.15) is 0 Å². The molecule has 2 unspecified atom stereocenters. The van der Waals surface area contributed by atoms with E-state index < -0.39 is 0 Å². The lowest BCUT2D eigenvalue weighted by Crippen LogP contribution is -2.39. The average molecular weight is 219 g/mol. The standard InChI is InChI=1S/C14H21NO/c1-11(12-8-5-9-12)15-10-14(16)13-6-3-2-4-7-13/h2-4,6-7,11-12,14-16H,5,8-10H2,1H3. The first kappa shape index (κ1) is 11.6. The predicted octanol–water partition coefficient (Wildman–Crippen LogP) is 2.50. The van der Waals surface area contributed by atoms with Gasteiger partial charge in [-0.1, -0.05) is 36.8 Å². The molecular formula is C14H21NO. The van der Waals surface area contributed by atoms with Crippen molar-refractivity contribution in [3.63, 3.8) is 0 Å². The molecule has 0 heterocycles. The quantitative estimate of drug-likeness (QED) is 0.797. The molecule has 16 heavy (non-hydrogen) atoms. The molecule has 0 amide bonds. The predicted molar refractivity (Wildman–Crippen MR) is 66.2 cm³/mol. The second-order valence-electron chi connectivity index (χ2n) is 4.81. The molecule has 2 atom stereocenters. The third-order valence-corrected chi connectivity index (χ3v) is 3.67. The summed E-state index contributed by atoms with van der Waals surface area (Å²) in [4.78, 5) is 0. The van der Waals surface area contributed by atoms with Gasteiger partial charge in [0.05, 0.1) is 6.10 Å². The summed E-state index contributed by atoms with van der Waals surface area (Å²) in [7, 11) is 0. The molecule has 2 nitrogen and oxygen atoms in total. The lowest BCUT2D eigenvalue weighted by molar-refractivity contribution is 0.155. The first-order valence-corrected chi connectivity index (χ1v) is 6.24. The minimum absolute atomic E-state index is 0.385. The number of rotatable bonds is 5. The van der Waals surface area contributed by atoms with Gasteiger partial charge in [-0.15, -0.1) is 0 Å². The topological polar surface area (TPSA) is 32.3 Å². The van der Waals surface area contributed by atoms with E-state index in [1.165, 1.54) is 19.3 Å². The van der Waals surface area contributed by atoms with Crippen LogP contribution in [0.25, 0.3) is 0 Å². The lowest BCUT2D eigenvalue weighted by Gasteiger charge is -2.32. The monoisotopic (exact) mass is 219 g/mol. The van der Waals surface area contributed by atoms with Gasteiger partial charge in [-0.25, -0.2) is 0 Å². The van der Waals surface area contributed by atoms with E-state index in [-0.39, 0.29) is 6.10 Å². The van der Waals surface area contributed by atoms with E-state index in [4.69, 9.17) is 0 Å². The summed E-state index contributed by atoms with van der Waals surface area (Å²) >= 11 is 0. The number of aliphatic hydroxyl groups excluding tert-OH is 1. The minimum atomic E-state index is -0.385. The van der Waals surface area contributed by atoms with Crippen LogP contribution in [-0.4, -0.2) is 17.7 Å². The highest BCUT2D eigenvalue weighted by Gasteiger charge is 2.23. The van der Waals surface area contributed by atoms with Crippen molar-refractivity contribution in [2.45, 2.75) is 38.3 Å². The number of benzene rings is 1. The molecule has 0 radical (unpaired) electrons. The first-order chi connectivity index (χ1) is 7.77. The zero-order valence-corrected chi connectivity index (χ0v) is 9.89. The van der Waals surface area contributed by atoms with Crippen molar-refractivity contribution in [1.29, 1.82) is 0 Å². The van der Waals surface area contributed by atoms with Gasteiger partial charge in [-0.05, 0) is 31.2 Å². The molecule has 1 aromatic rings. The Kier molecular flexibility index (Phi) is 3.97. The Hall–Kier alpha value is -0.860. The van der Waals surface area contributed by atoms with Crippen LogP contribution in [0.15, 0.2) is 30.3 Å². The fourth-order valence-electron chi connectivity index (χ4n) is 2.20. The Labute approximate surface area is 97.7 Å². The third kappa shape index (κ3) is 2.83. The van der Waals surface area contributed by atoms with Gasteiger partial charge in [0.25, 0.3) is 0 Å². The Balaban J connectivity index is 1.77. The Morgan fingerprint density at radius 1 is 1.31 bits per heavy atom. The van der Waals surface area contributed by atoms with E-state index >= 15 is 0 Å². The first-order valence-electron chi connectivity index (χ1n) is 6.24. The molecule has 0 saturated heterocycles. The van der Waals surface area contributed by atoms with Crippen molar-refractivity contribution in [3.8, 4) is 0 Å². The van der Waals surface area contributed by atoms with Crippen LogP contribution in [-0.2, 0) is 0 Å². The minimum Gasteiger partial charge on any atom is -0.387 e. The maximum Gasteiger partial charge on any atom is 0.0914 e. The summed E-state index contributed by atoms with van der Waals surface area (Å²) in [5, 5.41) is 13.4. The normalized spacial score (nSPS) is 20.1. The van der Waals surface area contributed by atoms with Crippen molar-refractivity contribution in [1.82, 2.24) is 5.32 Å². The second kappa shape index (κ2) is 5.46. The van der Waals surface area contributed by atoms with Crippen LogP contribution in [0, 0.1) is 5.92 Å². The van der Waals surface area contributed by atoms with Crippen molar-refractivity contribution in [2.24, 2.45) is 5.92 Å². The summed E-state index contributed by atoms with van der Waals surface area (Å²) in [6.45, 7) is 2.88. The molecule has 2 heteroatoms. The Bertz CT molecular complexity index is 308. The van der Waals surface area contributed by atoms with Crippen LogP contribution in [0.4, 0.5) is 0 Å². The van der Waals surface area contributed by atoms with Crippen molar-refractivity contribution in [2.75, 3.05) is 6.54 Å². The van der Waals surface area contributed by atoms with E-state index in [0.29, 0.717) is 12.6 Å². The van der Waals surface area contributed by atoms with E-state index in [9.17, 15) is 5.11 Å². The van der Waals surface area contributed by atoms with Crippen LogP contribution in [0.5, 0.6) is 0 Å². The molecule has 2 rings (SSSR count). The van der Waals surface area contributed by atoms with E-state index in [0.717, 1.165) is 11.5 Å². The van der Waals surface area contributed by atoms with E-state index in [2.05, 4.69) is 12.2 Å². The number of aliphatic hydroxyl groups is 1. The maximum atomic E-state index is 9.98. The van der Waals surface area contributed by atoms with Gasteiger partial charge >= 0.3 is 0 Å². The Morgan fingerprint density at radius 3 is 2.56 bits per heavy atom. The third-order valence-electron chi connectivity index (χ3n) is 3.67. The molecular weight excluding hydrogens is 198 g/mol. The molecule has 1 aliphatic carbocycles. The molecule has 0 aromatic heterocycles. The van der Waals surface area contributed by atoms with Gasteiger partial charge < -0.3 is 10.4 Å². The van der Waals surface area contributed by atoms with E-state index in [1.807, 2.05) is 30.3 Å². The van der Waals surface area contributed by atoms with Gasteiger partial charge in [-0.2, -0.15) is 0 Å². The van der Waals surface area contributed by atoms with E-state index in [1.54, 1.807) is 0 Å². The number of nitrogens with one attached hydrogen (secondary N) is 1. The van der Waals surface area contributed by atoms with Crippen LogP contribution in [0.1, 0.15) is 37.9 Å². The highest BCUT2D eigenvalue weighted by Crippen LogP contribution is 2.29. The van der Waals surface area contributed by atoms with Crippen molar-refractivity contribution in [3.05, 3.63) is 35.9 Å². The fraction of sp³-hybridized carbons (Fsp3) is 0.571. The summed E-state index contributed by atoms with van der Waals surface area (Å²) in [5.41, 5.74) is 0.996. The molecule has 1 saturated carbocycles.